The highest BCUT2D eigenvalue weighted by atomic mass is 19.1. The van der Waals surface area contributed by atoms with Crippen molar-refractivity contribution in [1.29, 1.82) is 0 Å². The number of anilines is 2. The zero-order chi connectivity index (χ0) is 18.3. The number of fused-ring (bicyclic) bond motifs is 3. The second kappa shape index (κ2) is 6.39. The lowest BCUT2D eigenvalue weighted by atomic mass is 9.89. The molecule has 0 unspecified atom stereocenters. The van der Waals surface area contributed by atoms with Crippen LogP contribution in [0, 0.1) is 5.82 Å². The summed E-state index contributed by atoms with van der Waals surface area (Å²) in [5.74, 6) is 0.578. The summed E-state index contributed by atoms with van der Waals surface area (Å²) in [6, 6.07) is 7.28. The summed E-state index contributed by atoms with van der Waals surface area (Å²) in [5.41, 5.74) is 2.31. The Bertz CT molecular complexity index is 830. The first-order valence-corrected chi connectivity index (χ1v) is 9.01. The van der Waals surface area contributed by atoms with Crippen molar-refractivity contribution in [2.75, 3.05) is 37.5 Å². The zero-order valence-electron chi connectivity index (χ0n) is 15.3. The van der Waals surface area contributed by atoms with Gasteiger partial charge < -0.3 is 20.3 Å². The number of aromatic nitrogens is 2. The number of benzene rings is 1. The maximum Gasteiger partial charge on any atom is 0.172 e. The molecular weight excluding hydrogens is 333 g/mol. The van der Waals surface area contributed by atoms with Crippen LogP contribution in [0.3, 0.4) is 0 Å². The topological polar surface area (TPSA) is 62.3 Å². The van der Waals surface area contributed by atoms with Gasteiger partial charge in [-0.3, -0.25) is 0 Å². The molecule has 6 nitrogen and oxygen atoms in total. The van der Waals surface area contributed by atoms with Gasteiger partial charge in [-0.15, -0.1) is 10.2 Å². The molecule has 1 saturated heterocycles. The van der Waals surface area contributed by atoms with Gasteiger partial charge in [0.25, 0.3) is 0 Å². The molecule has 7 heteroatoms. The van der Waals surface area contributed by atoms with Crippen LogP contribution < -0.4 is 20.3 Å². The molecule has 1 aromatic heterocycles. The van der Waals surface area contributed by atoms with E-state index < -0.39 is 5.82 Å². The zero-order valence-corrected chi connectivity index (χ0v) is 15.3. The summed E-state index contributed by atoms with van der Waals surface area (Å²) in [6.45, 7) is 4.00. The Kier molecular flexibility index (Phi) is 4.19. The first kappa shape index (κ1) is 17.0. The van der Waals surface area contributed by atoms with Gasteiger partial charge in [0.15, 0.2) is 17.4 Å². The molecule has 0 spiro atoms. The third-order valence-corrected chi connectivity index (χ3v) is 5.76. The van der Waals surface area contributed by atoms with E-state index in [1.165, 1.54) is 13.2 Å². The van der Waals surface area contributed by atoms with E-state index in [-0.39, 0.29) is 11.3 Å². The molecule has 1 fully saturated rings. The molecule has 3 heterocycles. The Morgan fingerprint density at radius 3 is 3.00 bits per heavy atom. The fraction of sp³-hybridized carbons (Fsp3) is 0.474. The van der Waals surface area contributed by atoms with Crippen molar-refractivity contribution in [2.24, 2.45) is 0 Å². The lowest BCUT2D eigenvalue weighted by Gasteiger charge is -2.43. The fourth-order valence-corrected chi connectivity index (χ4v) is 4.23. The van der Waals surface area contributed by atoms with E-state index in [9.17, 15) is 4.39 Å². The summed E-state index contributed by atoms with van der Waals surface area (Å²) in [6.07, 6.45) is 2.12. The predicted octanol–water partition coefficient (Wildman–Crippen LogP) is 2.66. The number of likely N-dealkylation sites (N-methyl/N-ethyl adjacent to an activating group) is 1. The monoisotopic (exact) mass is 357 g/mol. The molecule has 2 aliphatic rings. The SMILES string of the molecule is CC[C@@]12CNc3nnc(-c4cccc(F)c4OC)cc3N1C[C@H](NC)C2. The van der Waals surface area contributed by atoms with Crippen LogP contribution in [-0.2, 0) is 0 Å². The minimum Gasteiger partial charge on any atom is -0.493 e. The summed E-state index contributed by atoms with van der Waals surface area (Å²) in [5, 5.41) is 15.5. The van der Waals surface area contributed by atoms with Gasteiger partial charge in [-0.1, -0.05) is 13.0 Å². The van der Waals surface area contributed by atoms with Crippen molar-refractivity contribution in [2.45, 2.75) is 31.3 Å². The van der Waals surface area contributed by atoms with E-state index in [0.29, 0.717) is 17.3 Å². The molecule has 2 aromatic rings. The third-order valence-electron chi connectivity index (χ3n) is 5.76. The number of hydrogen-bond donors (Lipinski definition) is 2. The van der Waals surface area contributed by atoms with Gasteiger partial charge in [-0.05, 0) is 38.1 Å². The van der Waals surface area contributed by atoms with E-state index in [2.05, 4.69) is 32.7 Å². The second-order valence-corrected chi connectivity index (χ2v) is 7.02. The van der Waals surface area contributed by atoms with E-state index in [4.69, 9.17) is 4.74 Å². The molecule has 0 saturated carbocycles. The molecule has 2 N–H and O–H groups in total. The van der Waals surface area contributed by atoms with Crippen molar-refractivity contribution in [3.05, 3.63) is 30.1 Å². The molecular formula is C19H24FN5O. The molecule has 2 atom stereocenters. The molecule has 0 aliphatic carbocycles. The lowest BCUT2D eigenvalue weighted by molar-refractivity contribution is 0.388. The van der Waals surface area contributed by atoms with Crippen LogP contribution in [0.25, 0.3) is 11.3 Å². The number of nitrogens with one attached hydrogen (secondary N) is 2. The number of rotatable bonds is 4. The Hall–Kier alpha value is -2.41. The first-order chi connectivity index (χ1) is 12.6. The minimum atomic E-state index is -0.401. The molecule has 0 bridgehead atoms. The van der Waals surface area contributed by atoms with Crippen molar-refractivity contribution in [1.82, 2.24) is 15.5 Å². The summed E-state index contributed by atoms with van der Waals surface area (Å²) in [4.78, 5) is 2.43. The summed E-state index contributed by atoms with van der Waals surface area (Å²) >= 11 is 0. The predicted molar refractivity (Wildman–Crippen MR) is 100 cm³/mol. The van der Waals surface area contributed by atoms with Crippen LogP contribution in [0.15, 0.2) is 24.3 Å². The van der Waals surface area contributed by atoms with Crippen LogP contribution >= 0.6 is 0 Å². The number of nitrogens with zero attached hydrogens (tertiary/aromatic N) is 3. The van der Waals surface area contributed by atoms with Crippen molar-refractivity contribution in [3.63, 3.8) is 0 Å². The summed E-state index contributed by atoms with van der Waals surface area (Å²) < 4.78 is 19.4. The van der Waals surface area contributed by atoms with E-state index in [0.717, 1.165) is 37.4 Å². The molecule has 26 heavy (non-hydrogen) atoms. The van der Waals surface area contributed by atoms with Crippen LogP contribution in [0.5, 0.6) is 5.75 Å². The van der Waals surface area contributed by atoms with Gasteiger partial charge in [0.05, 0.1) is 24.0 Å². The maximum absolute atomic E-state index is 14.1. The van der Waals surface area contributed by atoms with Gasteiger partial charge in [-0.25, -0.2) is 4.39 Å². The van der Waals surface area contributed by atoms with Gasteiger partial charge in [-0.2, -0.15) is 0 Å². The Morgan fingerprint density at radius 1 is 1.42 bits per heavy atom. The maximum atomic E-state index is 14.1. The number of ether oxygens (including phenoxy) is 1. The molecule has 4 rings (SSSR count). The van der Waals surface area contributed by atoms with Gasteiger partial charge in [0.2, 0.25) is 0 Å². The average Bonchev–Trinajstić information content (AvgIpc) is 3.07. The van der Waals surface area contributed by atoms with Gasteiger partial charge in [0, 0.05) is 24.7 Å². The number of para-hydroxylation sites is 1. The average molecular weight is 357 g/mol. The number of halogens is 1. The normalized spacial score (nSPS) is 24.0. The van der Waals surface area contributed by atoms with Crippen molar-refractivity contribution in [3.8, 4) is 17.0 Å². The Labute approximate surface area is 152 Å². The molecule has 138 valence electrons. The lowest BCUT2D eigenvalue weighted by Crippen LogP contribution is -2.52. The highest BCUT2D eigenvalue weighted by Crippen LogP contribution is 2.44. The second-order valence-electron chi connectivity index (χ2n) is 7.02. The molecule has 0 amide bonds. The molecule has 0 radical (unpaired) electrons. The van der Waals surface area contributed by atoms with E-state index >= 15 is 0 Å². The third kappa shape index (κ3) is 2.49. The largest absolute Gasteiger partial charge is 0.493 e. The highest BCUT2D eigenvalue weighted by Gasteiger charge is 2.47. The molecule has 2 aliphatic heterocycles. The summed E-state index contributed by atoms with van der Waals surface area (Å²) in [7, 11) is 3.48. The molecule has 1 aromatic carbocycles. The standard InChI is InChI=1S/C19H24FN5O/c1-4-19-9-12(21-2)10-25(19)16-8-15(23-24-18(16)22-11-19)13-6-5-7-14(20)17(13)26-3/h5-8,12,21H,4,9-11H2,1-3H3,(H,22,24)/t12-,19-/m1/s1. The van der Waals surface area contributed by atoms with Crippen LogP contribution in [0.1, 0.15) is 19.8 Å². The quantitative estimate of drug-likeness (QED) is 0.877. The first-order valence-electron chi connectivity index (χ1n) is 9.01. The van der Waals surface area contributed by atoms with Crippen LogP contribution in [0.2, 0.25) is 0 Å². The Balaban J connectivity index is 1.81. The smallest absolute Gasteiger partial charge is 0.172 e. The Morgan fingerprint density at radius 2 is 2.27 bits per heavy atom. The minimum absolute atomic E-state index is 0.0625. The highest BCUT2D eigenvalue weighted by molar-refractivity contribution is 5.77. The van der Waals surface area contributed by atoms with Gasteiger partial charge >= 0.3 is 0 Å². The van der Waals surface area contributed by atoms with Crippen LogP contribution in [-0.4, -0.2) is 49.0 Å². The fourth-order valence-electron chi connectivity index (χ4n) is 4.23. The number of methoxy groups -OCH3 is 1. The van der Waals surface area contributed by atoms with Crippen LogP contribution in [0.4, 0.5) is 15.9 Å². The van der Waals surface area contributed by atoms with Gasteiger partial charge in [0.1, 0.15) is 0 Å². The van der Waals surface area contributed by atoms with E-state index in [1.807, 2.05) is 19.2 Å². The van der Waals surface area contributed by atoms with E-state index in [1.54, 1.807) is 6.07 Å². The van der Waals surface area contributed by atoms with Crippen molar-refractivity contribution >= 4 is 11.5 Å². The number of hydrogen-bond acceptors (Lipinski definition) is 6. The van der Waals surface area contributed by atoms with Crippen molar-refractivity contribution < 1.29 is 9.13 Å².